The highest BCUT2D eigenvalue weighted by molar-refractivity contribution is 7.99. The average Bonchev–Trinajstić information content (AvgIpc) is 2.73. The Morgan fingerprint density at radius 2 is 1.57 bits per heavy atom. The van der Waals surface area contributed by atoms with E-state index in [2.05, 4.69) is 46.2 Å². The first-order valence-corrected chi connectivity index (χ1v) is 11.6. The predicted octanol–water partition coefficient (Wildman–Crippen LogP) is 4.72. The molecule has 5 heteroatoms. The number of hydrogen-bond donors (Lipinski definition) is 1. The maximum Gasteiger partial charge on any atom is 0.0443 e. The monoisotopic (exact) mass is 416 g/mol. The van der Waals surface area contributed by atoms with Crippen molar-refractivity contribution in [2.24, 2.45) is 0 Å². The molecule has 1 N–H and O–H groups in total. The number of aliphatic hydroxyl groups is 1. The van der Waals surface area contributed by atoms with Crippen LogP contribution < -0.4 is 0 Å². The molecule has 0 bridgehead atoms. The van der Waals surface area contributed by atoms with E-state index in [0.717, 1.165) is 57.1 Å². The Morgan fingerprint density at radius 1 is 0.893 bits per heavy atom. The van der Waals surface area contributed by atoms with Crippen LogP contribution in [0.3, 0.4) is 0 Å². The molecule has 28 heavy (non-hydrogen) atoms. The standard InChI is InChI=1S/C23H29ClN2OS/c24-18-8-9-23-21(17-18)19(20-5-1-2-7-22(20)28-23)6-3-10-25-12-14-26(15-13-25)11-4-16-27/h1-2,5,7-9,17,19,27H,3-4,6,10-16H2/t19-/m0/s1. The Bertz CT molecular complexity index is 792. The number of benzene rings is 2. The number of halogens is 1. The van der Waals surface area contributed by atoms with Crippen LogP contribution in [0.1, 0.15) is 36.3 Å². The van der Waals surface area contributed by atoms with Gasteiger partial charge in [-0.2, -0.15) is 0 Å². The van der Waals surface area contributed by atoms with Crippen LogP contribution in [0.2, 0.25) is 5.02 Å². The van der Waals surface area contributed by atoms with Crippen molar-refractivity contribution in [1.29, 1.82) is 0 Å². The third-order valence-corrected chi connectivity index (χ3v) is 7.34. The molecular formula is C23H29ClN2OS. The van der Waals surface area contributed by atoms with Crippen molar-refractivity contribution in [2.75, 3.05) is 45.9 Å². The van der Waals surface area contributed by atoms with E-state index in [-0.39, 0.29) is 0 Å². The summed E-state index contributed by atoms with van der Waals surface area (Å²) in [6, 6.07) is 15.2. The van der Waals surface area contributed by atoms with E-state index in [1.165, 1.54) is 27.3 Å². The van der Waals surface area contributed by atoms with Crippen LogP contribution in [0.25, 0.3) is 0 Å². The van der Waals surface area contributed by atoms with E-state index < -0.39 is 0 Å². The second-order valence-electron chi connectivity index (χ2n) is 7.78. The molecule has 1 saturated heterocycles. The molecule has 150 valence electrons. The zero-order valence-electron chi connectivity index (χ0n) is 16.3. The summed E-state index contributed by atoms with van der Waals surface area (Å²) in [5, 5.41) is 9.83. The highest BCUT2D eigenvalue weighted by atomic mass is 35.5. The first-order valence-electron chi connectivity index (χ1n) is 10.4. The molecule has 2 aromatic rings. The number of aliphatic hydroxyl groups excluding tert-OH is 1. The second-order valence-corrected chi connectivity index (χ2v) is 9.30. The van der Waals surface area contributed by atoms with Gasteiger partial charge < -0.3 is 14.9 Å². The van der Waals surface area contributed by atoms with E-state index in [9.17, 15) is 0 Å². The van der Waals surface area contributed by atoms with Crippen LogP contribution >= 0.6 is 23.4 Å². The molecule has 1 atom stereocenters. The fraction of sp³-hybridized carbons (Fsp3) is 0.478. The number of nitrogens with zero attached hydrogens (tertiary/aromatic N) is 2. The van der Waals surface area contributed by atoms with Crippen LogP contribution in [0, 0.1) is 0 Å². The van der Waals surface area contributed by atoms with Crippen LogP contribution in [-0.4, -0.2) is 60.8 Å². The predicted molar refractivity (Wildman–Crippen MR) is 118 cm³/mol. The largest absolute Gasteiger partial charge is 0.396 e. The first kappa shape index (κ1) is 20.2. The summed E-state index contributed by atoms with van der Waals surface area (Å²) < 4.78 is 0. The minimum Gasteiger partial charge on any atom is -0.396 e. The molecule has 0 radical (unpaired) electrons. The third-order valence-electron chi connectivity index (χ3n) is 5.93. The number of rotatable bonds is 7. The van der Waals surface area contributed by atoms with Crippen molar-refractivity contribution in [2.45, 2.75) is 35.0 Å². The van der Waals surface area contributed by atoms with E-state index in [0.29, 0.717) is 12.5 Å². The average molecular weight is 417 g/mol. The Balaban J connectivity index is 1.37. The van der Waals surface area contributed by atoms with Crippen LogP contribution in [-0.2, 0) is 0 Å². The Kier molecular flexibility index (Phi) is 6.97. The van der Waals surface area contributed by atoms with Gasteiger partial charge in [0.2, 0.25) is 0 Å². The zero-order chi connectivity index (χ0) is 19.3. The Morgan fingerprint density at radius 3 is 2.32 bits per heavy atom. The normalized spacial score (nSPS) is 20.0. The molecular weight excluding hydrogens is 388 g/mol. The van der Waals surface area contributed by atoms with E-state index in [1.807, 2.05) is 17.8 Å². The number of hydrogen-bond acceptors (Lipinski definition) is 4. The van der Waals surface area contributed by atoms with Gasteiger partial charge in [0.25, 0.3) is 0 Å². The lowest BCUT2D eigenvalue weighted by atomic mass is 9.87. The summed E-state index contributed by atoms with van der Waals surface area (Å²) in [6.07, 6.45) is 3.25. The zero-order valence-corrected chi connectivity index (χ0v) is 17.9. The van der Waals surface area contributed by atoms with Crippen molar-refractivity contribution in [3.63, 3.8) is 0 Å². The molecule has 2 aliphatic rings. The number of piperazine rings is 1. The first-order chi connectivity index (χ1) is 13.7. The maximum atomic E-state index is 9.00. The molecule has 0 aromatic heterocycles. The lowest BCUT2D eigenvalue weighted by Crippen LogP contribution is -2.46. The van der Waals surface area contributed by atoms with Gasteiger partial charge >= 0.3 is 0 Å². The quantitative estimate of drug-likeness (QED) is 0.706. The van der Waals surface area contributed by atoms with Gasteiger partial charge in [-0.25, -0.2) is 0 Å². The molecule has 2 aliphatic heterocycles. The molecule has 2 heterocycles. The van der Waals surface area contributed by atoms with Gasteiger partial charge in [0.05, 0.1) is 0 Å². The molecule has 4 rings (SSSR count). The molecule has 2 aromatic carbocycles. The van der Waals surface area contributed by atoms with Gasteiger partial charge in [-0.05, 0) is 61.2 Å². The van der Waals surface area contributed by atoms with E-state index >= 15 is 0 Å². The molecule has 0 aliphatic carbocycles. The molecule has 1 fully saturated rings. The summed E-state index contributed by atoms with van der Waals surface area (Å²) in [5.74, 6) is 0.442. The van der Waals surface area contributed by atoms with Gasteiger partial charge in [-0.3, -0.25) is 0 Å². The highest BCUT2D eigenvalue weighted by Crippen LogP contribution is 2.48. The molecule has 3 nitrogen and oxygen atoms in total. The van der Waals surface area contributed by atoms with Gasteiger partial charge in [0.1, 0.15) is 0 Å². The van der Waals surface area contributed by atoms with Crippen molar-refractivity contribution in [3.8, 4) is 0 Å². The molecule has 0 spiro atoms. The lowest BCUT2D eigenvalue weighted by molar-refractivity contribution is 0.123. The summed E-state index contributed by atoms with van der Waals surface area (Å²) in [5.41, 5.74) is 2.85. The fourth-order valence-corrected chi connectivity index (χ4v) is 5.74. The summed E-state index contributed by atoms with van der Waals surface area (Å²) >= 11 is 8.21. The minimum absolute atomic E-state index is 0.298. The van der Waals surface area contributed by atoms with Crippen molar-refractivity contribution in [3.05, 3.63) is 58.6 Å². The molecule has 0 amide bonds. The van der Waals surface area contributed by atoms with E-state index in [4.69, 9.17) is 16.7 Å². The van der Waals surface area contributed by atoms with Crippen LogP contribution in [0.15, 0.2) is 52.3 Å². The van der Waals surface area contributed by atoms with Crippen LogP contribution in [0.5, 0.6) is 0 Å². The van der Waals surface area contributed by atoms with Crippen molar-refractivity contribution < 1.29 is 5.11 Å². The Hall–Kier alpha value is -1.04. The van der Waals surface area contributed by atoms with Crippen molar-refractivity contribution >= 4 is 23.4 Å². The van der Waals surface area contributed by atoms with Gasteiger partial charge in [-0.1, -0.05) is 41.6 Å². The SMILES string of the molecule is OCCCN1CCN(CCC[C@H]2c3ccccc3Sc3ccc(Cl)cc32)CC1. The lowest BCUT2D eigenvalue weighted by Gasteiger charge is -2.35. The fourth-order valence-electron chi connectivity index (χ4n) is 4.39. The van der Waals surface area contributed by atoms with Gasteiger partial charge in [0.15, 0.2) is 0 Å². The summed E-state index contributed by atoms with van der Waals surface area (Å²) in [6.45, 7) is 7.03. The highest BCUT2D eigenvalue weighted by Gasteiger charge is 2.26. The van der Waals surface area contributed by atoms with E-state index in [1.54, 1.807) is 0 Å². The minimum atomic E-state index is 0.298. The van der Waals surface area contributed by atoms with Gasteiger partial charge in [-0.15, -0.1) is 0 Å². The summed E-state index contributed by atoms with van der Waals surface area (Å²) in [7, 11) is 0. The van der Waals surface area contributed by atoms with Crippen molar-refractivity contribution in [1.82, 2.24) is 9.80 Å². The second kappa shape index (κ2) is 9.64. The smallest absolute Gasteiger partial charge is 0.0443 e. The van der Waals surface area contributed by atoms with Crippen LogP contribution in [0.4, 0.5) is 0 Å². The maximum absolute atomic E-state index is 9.00. The number of fused-ring (bicyclic) bond motifs is 2. The Labute approximate surface area is 177 Å². The van der Waals surface area contributed by atoms with Gasteiger partial charge in [0, 0.05) is 60.1 Å². The topological polar surface area (TPSA) is 26.7 Å². The summed E-state index contributed by atoms with van der Waals surface area (Å²) in [4.78, 5) is 7.81. The molecule has 0 unspecified atom stereocenters. The third kappa shape index (κ3) is 4.74. The molecule has 0 saturated carbocycles.